The zero-order chi connectivity index (χ0) is 10.1. The molecule has 2 heterocycles. The fourth-order valence-electron chi connectivity index (χ4n) is 1.48. The monoisotopic (exact) mass is 197 g/mol. The summed E-state index contributed by atoms with van der Waals surface area (Å²) in [6, 6.07) is 9.77. The molecule has 0 spiro atoms. The number of hydrogen-bond acceptors (Lipinski definition) is 4. The zero-order valence-electron chi connectivity index (χ0n) is 7.79. The first-order valence-electron chi connectivity index (χ1n) is 4.56. The molecule has 0 atom stereocenters. The predicted octanol–water partition coefficient (Wildman–Crippen LogP) is 2.28. The summed E-state index contributed by atoms with van der Waals surface area (Å²) < 4.78 is 5.25. The highest BCUT2D eigenvalue weighted by atomic mass is 16.5. The molecule has 0 bridgehead atoms. The van der Waals surface area contributed by atoms with E-state index in [0.29, 0.717) is 11.3 Å². The number of hydrogen-bond donors (Lipinski definition) is 0. The average Bonchev–Trinajstić information content (AvgIpc) is 2.74. The third-order valence-electron chi connectivity index (χ3n) is 2.18. The molecule has 3 rings (SSSR count). The summed E-state index contributed by atoms with van der Waals surface area (Å²) in [5, 5.41) is 3.90. The number of nitrogens with zero attached hydrogens (tertiary/aromatic N) is 3. The Balaban J connectivity index is 2.28. The van der Waals surface area contributed by atoms with E-state index in [1.54, 1.807) is 6.20 Å². The van der Waals surface area contributed by atoms with E-state index in [-0.39, 0.29) is 0 Å². The summed E-state index contributed by atoms with van der Waals surface area (Å²) in [5.74, 6) is 0.688. The third kappa shape index (κ3) is 1.27. The first kappa shape index (κ1) is 8.11. The van der Waals surface area contributed by atoms with E-state index in [2.05, 4.69) is 15.1 Å². The van der Waals surface area contributed by atoms with Gasteiger partial charge in [-0.3, -0.25) is 0 Å². The maximum absolute atomic E-state index is 5.25. The first-order chi connectivity index (χ1) is 7.45. The van der Waals surface area contributed by atoms with Gasteiger partial charge in [0.1, 0.15) is 11.8 Å². The molecule has 0 unspecified atom stereocenters. The van der Waals surface area contributed by atoms with Crippen LogP contribution in [0.15, 0.2) is 47.4 Å². The van der Waals surface area contributed by atoms with E-state index < -0.39 is 0 Å². The van der Waals surface area contributed by atoms with Crippen molar-refractivity contribution in [3.63, 3.8) is 0 Å². The Morgan fingerprint density at radius 3 is 2.80 bits per heavy atom. The Kier molecular flexibility index (Phi) is 1.71. The van der Waals surface area contributed by atoms with Crippen molar-refractivity contribution >= 4 is 11.0 Å². The molecule has 0 N–H and O–H groups in total. The van der Waals surface area contributed by atoms with Gasteiger partial charge in [-0.1, -0.05) is 35.5 Å². The second-order valence-corrected chi connectivity index (χ2v) is 3.13. The second-order valence-electron chi connectivity index (χ2n) is 3.13. The molecule has 2 aromatic heterocycles. The van der Waals surface area contributed by atoms with Crippen molar-refractivity contribution in [2.75, 3.05) is 0 Å². The summed E-state index contributed by atoms with van der Waals surface area (Å²) in [5.41, 5.74) is 2.39. The minimum atomic E-state index is 0.677. The highest BCUT2D eigenvalue weighted by Crippen LogP contribution is 2.25. The van der Waals surface area contributed by atoms with Crippen LogP contribution in [0.4, 0.5) is 0 Å². The standard InChI is InChI=1S/C11H7N3O/c1-2-4-8(5-3-1)11-10-9(14-15-11)6-12-7-13-10/h1-7H. The molecule has 4 nitrogen and oxygen atoms in total. The average molecular weight is 197 g/mol. The van der Waals surface area contributed by atoms with Crippen LogP contribution < -0.4 is 0 Å². The molecule has 0 aliphatic rings. The van der Waals surface area contributed by atoms with Crippen molar-refractivity contribution in [3.05, 3.63) is 42.9 Å². The van der Waals surface area contributed by atoms with Crippen LogP contribution in [0.1, 0.15) is 0 Å². The molecule has 0 aliphatic heterocycles. The van der Waals surface area contributed by atoms with E-state index in [9.17, 15) is 0 Å². The van der Waals surface area contributed by atoms with Crippen LogP contribution in [0.2, 0.25) is 0 Å². The van der Waals surface area contributed by atoms with E-state index in [1.165, 1.54) is 6.33 Å². The largest absolute Gasteiger partial charge is 0.353 e. The molecular formula is C11H7N3O. The highest BCUT2D eigenvalue weighted by molar-refractivity contribution is 5.87. The Bertz CT molecular complexity index is 589. The van der Waals surface area contributed by atoms with Crippen molar-refractivity contribution < 1.29 is 4.52 Å². The summed E-state index contributed by atoms with van der Waals surface area (Å²) >= 11 is 0. The maximum Gasteiger partial charge on any atom is 0.193 e. The van der Waals surface area contributed by atoms with Crippen molar-refractivity contribution in [2.24, 2.45) is 0 Å². The lowest BCUT2D eigenvalue weighted by molar-refractivity contribution is 0.440. The highest BCUT2D eigenvalue weighted by Gasteiger charge is 2.10. The molecule has 0 radical (unpaired) electrons. The van der Waals surface area contributed by atoms with Crippen LogP contribution in [-0.2, 0) is 0 Å². The SMILES string of the molecule is c1ccc(-c2onc3cncnc23)cc1. The van der Waals surface area contributed by atoms with Crippen molar-refractivity contribution in [2.45, 2.75) is 0 Å². The molecule has 4 heteroatoms. The molecule has 1 aromatic carbocycles. The van der Waals surface area contributed by atoms with E-state index in [4.69, 9.17) is 4.52 Å². The molecule has 0 saturated heterocycles. The van der Waals surface area contributed by atoms with Crippen LogP contribution in [0.25, 0.3) is 22.4 Å². The predicted molar refractivity (Wildman–Crippen MR) is 55.0 cm³/mol. The van der Waals surface area contributed by atoms with Crippen LogP contribution in [0.3, 0.4) is 0 Å². The van der Waals surface area contributed by atoms with Gasteiger partial charge in [0.25, 0.3) is 0 Å². The Hall–Kier alpha value is -2.23. The van der Waals surface area contributed by atoms with Crippen LogP contribution >= 0.6 is 0 Å². The summed E-state index contributed by atoms with van der Waals surface area (Å²) in [7, 11) is 0. The van der Waals surface area contributed by atoms with Gasteiger partial charge < -0.3 is 4.52 Å². The lowest BCUT2D eigenvalue weighted by atomic mass is 10.1. The van der Waals surface area contributed by atoms with E-state index in [0.717, 1.165) is 11.1 Å². The van der Waals surface area contributed by atoms with Crippen LogP contribution in [-0.4, -0.2) is 15.1 Å². The molecule has 0 fully saturated rings. The minimum absolute atomic E-state index is 0.677. The van der Waals surface area contributed by atoms with Crippen molar-refractivity contribution in [1.82, 2.24) is 15.1 Å². The Morgan fingerprint density at radius 2 is 1.93 bits per heavy atom. The third-order valence-corrected chi connectivity index (χ3v) is 2.18. The first-order valence-corrected chi connectivity index (χ1v) is 4.56. The minimum Gasteiger partial charge on any atom is -0.353 e. The van der Waals surface area contributed by atoms with Gasteiger partial charge in [0.15, 0.2) is 11.3 Å². The van der Waals surface area contributed by atoms with Gasteiger partial charge in [-0.05, 0) is 0 Å². The van der Waals surface area contributed by atoms with Crippen molar-refractivity contribution in [3.8, 4) is 11.3 Å². The molecule has 72 valence electrons. The molecule has 15 heavy (non-hydrogen) atoms. The smallest absolute Gasteiger partial charge is 0.193 e. The van der Waals surface area contributed by atoms with Gasteiger partial charge in [-0.25, -0.2) is 9.97 Å². The van der Waals surface area contributed by atoms with Gasteiger partial charge in [0, 0.05) is 5.56 Å². The molecule has 3 aromatic rings. The number of rotatable bonds is 1. The molecule has 0 saturated carbocycles. The fourth-order valence-corrected chi connectivity index (χ4v) is 1.48. The van der Waals surface area contributed by atoms with Gasteiger partial charge in [0.05, 0.1) is 6.20 Å². The summed E-state index contributed by atoms with van der Waals surface area (Å²) in [4.78, 5) is 8.04. The molecule has 0 aliphatic carbocycles. The molecule has 0 amide bonds. The lowest BCUT2D eigenvalue weighted by Crippen LogP contribution is -1.79. The number of benzene rings is 1. The van der Waals surface area contributed by atoms with Gasteiger partial charge >= 0.3 is 0 Å². The van der Waals surface area contributed by atoms with E-state index >= 15 is 0 Å². The lowest BCUT2D eigenvalue weighted by Gasteiger charge is -1.93. The summed E-state index contributed by atoms with van der Waals surface area (Å²) in [6.45, 7) is 0. The topological polar surface area (TPSA) is 51.8 Å². The van der Waals surface area contributed by atoms with Crippen LogP contribution in [0, 0.1) is 0 Å². The zero-order valence-corrected chi connectivity index (χ0v) is 7.79. The fraction of sp³-hybridized carbons (Fsp3) is 0. The maximum atomic E-state index is 5.25. The Labute approximate surface area is 85.6 Å². The summed E-state index contributed by atoms with van der Waals surface area (Å²) in [6.07, 6.45) is 3.13. The second kappa shape index (κ2) is 3.16. The van der Waals surface area contributed by atoms with Crippen LogP contribution in [0.5, 0.6) is 0 Å². The van der Waals surface area contributed by atoms with Gasteiger partial charge in [0.2, 0.25) is 0 Å². The Morgan fingerprint density at radius 1 is 1.07 bits per heavy atom. The van der Waals surface area contributed by atoms with Crippen molar-refractivity contribution in [1.29, 1.82) is 0 Å². The van der Waals surface area contributed by atoms with E-state index in [1.807, 2.05) is 30.3 Å². The van der Waals surface area contributed by atoms with Gasteiger partial charge in [-0.2, -0.15) is 0 Å². The molecular weight excluding hydrogens is 190 g/mol. The quantitative estimate of drug-likeness (QED) is 0.600. The normalized spacial score (nSPS) is 10.7. The number of fused-ring (bicyclic) bond motifs is 1. The van der Waals surface area contributed by atoms with Gasteiger partial charge in [-0.15, -0.1) is 0 Å². The number of aromatic nitrogens is 3.